The molecule has 0 bridgehead atoms. The van der Waals surface area contributed by atoms with Gasteiger partial charge in [0.15, 0.2) is 0 Å². The molecule has 15 heavy (non-hydrogen) atoms. The van der Waals surface area contributed by atoms with Crippen LogP contribution in [0, 0.1) is 0 Å². The van der Waals surface area contributed by atoms with E-state index < -0.39 is 17.1 Å². The van der Waals surface area contributed by atoms with Gasteiger partial charge in [0.1, 0.15) is 5.03 Å². The second kappa shape index (κ2) is 4.79. The molecule has 1 unspecified atom stereocenters. The first-order valence-electron chi connectivity index (χ1n) is 4.14. The minimum atomic E-state index is -1.21. The molecule has 0 fully saturated rings. The van der Waals surface area contributed by atoms with Crippen molar-refractivity contribution in [1.82, 2.24) is 4.98 Å². The molecule has 1 atom stereocenters. The number of nitrogens with zero attached hydrogens (tertiary/aromatic N) is 1. The third kappa shape index (κ3) is 2.95. The molecule has 1 amide bonds. The minimum absolute atomic E-state index is 0.218. The number of aromatic nitrogens is 1. The molecule has 1 aromatic heterocycles. The van der Waals surface area contributed by atoms with Gasteiger partial charge in [0, 0.05) is 11.4 Å². The van der Waals surface area contributed by atoms with Crippen LogP contribution in [0.5, 0.6) is 0 Å². The van der Waals surface area contributed by atoms with Crippen LogP contribution in [-0.4, -0.2) is 22.1 Å². The average Bonchev–Trinajstić information content (AvgIpc) is 2.18. The van der Waals surface area contributed by atoms with Gasteiger partial charge in [-0.05, 0) is 19.1 Å². The van der Waals surface area contributed by atoms with Gasteiger partial charge in [-0.3, -0.25) is 4.79 Å². The van der Waals surface area contributed by atoms with E-state index >= 15 is 0 Å². The molecule has 2 N–H and O–H groups in total. The molecule has 0 saturated carbocycles. The molecule has 0 aliphatic heterocycles. The number of rotatable bonds is 4. The highest BCUT2D eigenvalue weighted by Gasteiger charge is 2.13. The molecule has 1 aromatic rings. The van der Waals surface area contributed by atoms with Crippen molar-refractivity contribution in [3.63, 3.8) is 0 Å². The Balaban J connectivity index is 2.94. The Morgan fingerprint density at radius 2 is 2.27 bits per heavy atom. The molecule has 1 heterocycles. The van der Waals surface area contributed by atoms with Crippen LogP contribution in [0.3, 0.4) is 0 Å². The summed E-state index contributed by atoms with van der Waals surface area (Å²) in [6.07, 6.45) is 1.47. The van der Waals surface area contributed by atoms with E-state index in [2.05, 4.69) is 4.98 Å². The molecule has 5 nitrogen and oxygen atoms in total. The molecular weight excluding hydrogens is 216 g/mol. The van der Waals surface area contributed by atoms with Crippen molar-refractivity contribution in [2.75, 3.05) is 0 Å². The van der Waals surface area contributed by atoms with Crippen molar-refractivity contribution < 1.29 is 14.7 Å². The van der Waals surface area contributed by atoms with E-state index in [1.807, 2.05) is 0 Å². The molecule has 1 rings (SSSR count). The van der Waals surface area contributed by atoms with E-state index in [4.69, 9.17) is 5.73 Å². The van der Waals surface area contributed by atoms with E-state index in [0.717, 1.165) is 11.8 Å². The number of primary amides is 1. The van der Waals surface area contributed by atoms with E-state index in [1.165, 1.54) is 19.2 Å². The summed E-state index contributed by atoms with van der Waals surface area (Å²) in [5.41, 5.74) is 5.33. The fourth-order valence-corrected chi connectivity index (χ4v) is 1.74. The molecule has 0 aliphatic carbocycles. The number of carbonyl (C=O) groups excluding carboxylic acids is 2. The van der Waals surface area contributed by atoms with Gasteiger partial charge in [0.05, 0.1) is 11.5 Å². The maximum atomic E-state index is 11.0. The number of amides is 1. The Bertz CT molecular complexity index is 395. The lowest BCUT2D eigenvalue weighted by molar-refractivity contribution is -0.304. The maximum absolute atomic E-state index is 11.0. The third-order valence-corrected chi connectivity index (χ3v) is 2.75. The number of carboxylic acid groups (broad SMARTS) is 1. The highest BCUT2D eigenvalue weighted by atomic mass is 32.2. The largest absolute Gasteiger partial charge is 0.549 e. The zero-order chi connectivity index (χ0) is 11.4. The summed E-state index contributed by atoms with van der Waals surface area (Å²) in [6.45, 7) is 1.46. The lowest BCUT2D eigenvalue weighted by atomic mass is 10.3. The van der Waals surface area contributed by atoms with Crippen molar-refractivity contribution in [2.24, 2.45) is 5.73 Å². The van der Waals surface area contributed by atoms with E-state index in [-0.39, 0.29) is 5.56 Å². The van der Waals surface area contributed by atoms with Gasteiger partial charge < -0.3 is 15.6 Å². The SMILES string of the molecule is CC(Sc1ncccc1C(N)=O)C(=O)[O-]. The van der Waals surface area contributed by atoms with E-state index in [0.29, 0.717) is 5.03 Å². The topological polar surface area (TPSA) is 96.1 Å². The first-order chi connectivity index (χ1) is 7.02. The number of carbonyl (C=O) groups is 2. The highest BCUT2D eigenvalue weighted by molar-refractivity contribution is 8.00. The highest BCUT2D eigenvalue weighted by Crippen LogP contribution is 2.23. The second-order valence-corrected chi connectivity index (χ2v) is 4.13. The maximum Gasteiger partial charge on any atom is 0.251 e. The van der Waals surface area contributed by atoms with Crippen LogP contribution in [0.15, 0.2) is 23.4 Å². The molecule has 0 spiro atoms. The molecule has 0 radical (unpaired) electrons. The predicted molar refractivity (Wildman–Crippen MR) is 53.1 cm³/mol. The smallest absolute Gasteiger partial charge is 0.251 e. The van der Waals surface area contributed by atoms with Gasteiger partial charge in [-0.25, -0.2) is 4.98 Å². The van der Waals surface area contributed by atoms with Crippen LogP contribution in [0.25, 0.3) is 0 Å². The predicted octanol–water partition coefficient (Wildman–Crippen LogP) is -0.589. The molecule has 0 aliphatic rings. The lowest BCUT2D eigenvalue weighted by Crippen LogP contribution is -2.31. The normalized spacial score (nSPS) is 12.1. The summed E-state index contributed by atoms with van der Waals surface area (Å²) in [5.74, 6) is -1.84. The minimum Gasteiger partial charge on any atom is -0.549 e. The quantitative estimate of drug-likeness (QED) is 0.691. The van der Waals surface area contributed by atoms with Crippen molar-refractivity contribution in [2.45, 2.75) is 17.2 Å². The molecule has 6 heteroatoms. The Kier molecular flexibility index (Phi) is 3.68. The van der Waals surface area contributed by atoms with Crippen LogP contribution in [-0.2, 0) is 4.79 Å². The van der Waals surface area contributed by atoms with Crippen LogP contribution < -0.4 is 10.8 Å². The van der Waals surface area contributed by atoms with Crippen molar-refractivity contribution in [3.8, 4) is 0 Å². The number of thioether (sulfide) groups is 1. The number of carboxylic acids is 1. The standard InChI is InChI=1S/C9H10N2O3S/c1-5(9(13)14)15-8-6(7(10)12)3-2-4-11-8/h2-5H,1H3,(H2,10,12)(H,13,14)/p-1. The summed E-state index contributed by atoms with van der Waals surface area (Å²) in [6, 6.07) is 3.06. The van der Waals surface area contributed by atoms with Gasteiger partial charge in [0.25, 0.3) is 5.91 Å². The fourth-order valence-electron chi connectivity index (χ4n) is 0.888. The summed E-state index contributed by atoms with van der Waals surface area (Å²) < 4.78 is 0. The number of hydrogen-bond acceptors (Lipinski definition) is 5. The van der Waals surface area contributed by atoms with Gasteiger partial charge >= 0.3 is 0 Å². The molecule has 0 saturated heterocycles. The number of pyridine rings is 1. The first kappa shape index (κ1) is 11.5. The molecule has 0 aromatic carbocycles. The van der Waals surface area contributed by atoms with Crippen molar-refractivity contribution in [3.05, 3.63) is 23.9 Å². The van der Waals surface area contributed by atoms with Crippen LogP contribution >= 0.6 is 11.8 Å². The third-order valence-electron chi connectivity index (χ3n) is 1.66. The average molecular weight is 225 g/mol. The second-order valence-electron chi connectivity index (χ2n) is 2.80. The summed E-state index contributed by atoms with van der Waals surface area (Å²) in [5, 5.41) is 10.0. The van der Waals surface area contributed by atoms with E-state index in [9.17, 15) is 14.7 Å². The lowest BCUT2D eigenvalue weighted by Gasteiger charge is -2.12. The summed E-state index contributed by atoms with van der Waals surface area (Å²) in [7, 11) is 0. The van der Waals surface area contributed by atoms with Gasteiger partial charge in [0.2, 0.25) is 0 Å². The number of hydrogen-bond donors (Lipinski definition) is 1. The Hall–Kier alpha value is -1.56. The van der Waals surface area contributed by atoms with E-state index in [1.54, 1.807) is 6.07 Å². The number of nitrogens with two attached hydrogens (primary N) is 1. The summed E-state index contributed by atoms with van der Waals surface area (Å²) in [4.78, 5) is 25.4. The van der Waals surface area contributed by atoms with Crippen LogP contribution in [0.1, 0.15) is 17.3 Å². The molecule has 80 valence electrons. The Morgan fingerprint density at radius 3 is 2.80 bits per heavy atom. The zero-order valence-corrected chi connectivity index (χ0v) is 8.78. The van der Waals surface area contributed by atoms with Crippen molar-refractivity contribution >= 4 is 23.6 Å². The number of aliphatic carboxylic acids is 1. The first-order valence-corrected chi connectivity index (χ1v) is 5.02. The Labute approximate surface area is 90.7 Å². The van der Waals surface area contributed by atoms with Crippen molar-refractivity contribution in [1.29, 1.82) is 0 Å². The van der Waals surface area contributed by atoms with Gasteiger partial charge in [-0.15, -0.1) is 0 Å². The monoisotopic (exact) mass is 225 g/mol. The van der Waals surface area contributed by atoms with Gasteiger partial charge in [-0.2, -0.15) is 0 Å². The molecular formula is C9H9N2O3S-. The zero-order valence-electron chi connectivity index (χ0n) is 7.97. The summed E-state index contributed by atoms with van der Waals surface area (Å²) >= 11 is 0.933. The van der Waals surface area contributed by atoms with Gasteiger partial charge in [-0.1, -0.05) is 11.8 Å². The van der Waals surface area contributed by atoms with Crippen LogP contribution in [0.4, 0.5) is 0 Å². The fraction of sp³-hybridized carbons (Fsp3) is 0.222. The Morgan fingerprint density at radius 1 is 1.60 bits per heavy atom. The van der Waals surface area contributed by atoms with Crippen LogP contribution in [0.2, 0.25) is 0 Å².